The number of carbonyl (C=O) groups excluding carboxylic acids is 1. The monoisotopic (exact) mass is 295 g/mol. The van der Waals surface area contributed by atoms with Crippen molar-refractivity contribution in [2.75, 3.05) is 7.05 Å². The molecular weight excluding hydrogens is 285 g/mol. The molecule has 110 valence electrons. The van der Waals surface area contributed by atoms with Crippen molar-refractivity contribution in [3.05, 3.63) is 34.6 Å². The van der Waals surface area contributed by atoms with Crippen molar-refractivity contribution in [1.29, 1.82) is 0 Å². The molecule has 0 bridgehead atoms. The van der Waals surface area contributed by atoms with E-state index >= 15 is 0 Å². The summed E-state index contributed by atoms with van der Waals surface area (Å²) in [4.78, 5) is 15.9. The Balaban J connectivity index is 2.57. The zero-order valence-corrected chi connectivity index (χ0v) is 10.5. The van der Waals surface area contributed by atoms with Crippen LogP contribution in [0.1, 0.15) is 24.9 Å². The third-order valence-electron chi connectivity index (χ3n) is 3.22. The van der Waals surface area contributed by atoms with Gasteiger partial charge in [0.05, 0.1) is 6.04 Å². The minimum absolute atomic E-state index is 0.231. The van der Waals surface area contributed by atoms with Gasteiger partial charge in [0.25, 0.3) is 0 Å². The molecule has 0 saturated carbocycles. The Morgan fingerprint density at radius 3 is 1.95 bits per heavy atom. The van der Waals surface area contributed by atoms with E-state index in [2.05, 4.69) is 0 Å². The smallest absolute Gasteiger partial charge is 0.200 e. The fourth-order valence-electron chi connectivity index (χ4n) is 2.21. The lowest BCUT2D eigenvalue weighted by Crippen LogP contribution is -2.27. The summed E-state index contributed by atoms with van der Waals surface area (Å²) in [5, 5.41) is 0.909. The highest BCUT2D eigenvalue weighted by atomic mass is 19.2. The van der Waals surface area contributed by atoms with Gasteiger partial charge in [0.1, 0.15) is 5.60 Å². The molecule has 1 aliphatic heterocycles. The van der Waals surface area contributed by atoms with Gasteiger partial charge in [-0.1, -0.05) is 0 Å². The number of rotatable bonds is 2. The number of aldehydes is 1. The van der Waals surface area contributed by atoms with Gasteiger partial charge in [-0.3, -0.25) is 4.84 Å². The SMILES string of the molecule is CN1O[C@](C)(C=O)C[C@H]1c1c(F)c(F)c(F)c(F)c1F. The van der Waals surface area contributed by atoms with Gasteiger partial charge < -0.3 is 4.79 Å². The molecule has 0 unspecified atom stereocenters. The predicted octanol–water partition coefficient (Wildman–Crippen LogP) is 2.65. The van der Waals surface area contributed by atoms with Gasteiger partial charge in [0, 0.05) is 19.0 Å². The molecule has 1 heterocycles. The van der Waals surface area contributed by atoms with Gasteiger partial charge in [0.15, 0.2) is 29.6 Å². The number of carbonyl (C=O) groups is 1. The summed E-state index contributed by atoms with van der Waals surface area (Å²) >= 11 is 0. The van der Waals surface area contributed by atoms with Gasteiger partial charge >= 0.3 is 0 Å². The van der Waals surface area contributed by atoms with Crippen LogP contribution in [0.2, 0.25) is 0 Å². The average Bonchev–Trinajstić information content (AvgIpc) is 2.71. The second kappa shape index (κ2) is 4.78. The van der Waals surface area contributed by atoms with Gasteiger partial charge in [-0.05, 0) is 6.92 Å². The van der Waals surface area contributed by atoms with Crippen LogP contribution in [0, 0.1) is 29.1 Å². The van der Waals surface area contributed by atoms with Crippen LogP contribution in [0.4, 0.5) is 22.0 Å². The van der Waals surface area contributed by atoms with Gasteiger partial charge in [-0.25, -0.2) is 22.0 Å². The Hall–Kier alpha value is -1.54. The van der Waals surface area contributed by atoms with E-state index in [-0.39, 0.29) is 6.42 Å². The highest BCUT2D eigenvalue weighted by Gasteiger charge is 2.45. The van der Waals surface area contributed by atoms with Crippen LogP contribution in [-0.2, 0) is 9.63 Å². The van der Waals surface area contributed by atoms with E-state index in [1.165, 1.54) is 14.0 Å². The van der Waals surface area contributed by atoms with Crippen molar-refractivity contribution >= 4 is 6.29 Å². The van der Waals surface area contributed by atoms with Crippen LogP contribution in [0.5, 0.6) is 0 Å². The zero-order valence-electron chi connectivity index (χ0n) is 10.5. The maximum Gasteiger partial charge on any atom is 0.200 e. The largest absolute Gasteiger partial charge is 0.300 e. The Kier molecular flexibility index (Phi) is 3.55. The molecule has 0 radical (unpaired) electrons. The molecule has 2 rings (SSSR count). The summed E-state index contributed by atoms with van der Waals surface area (Å²) in [6, 6.07) is -1.25. The van der Waals surface area contributed by atoms with E-state index in [0.717, 1.165) is 5.06 Å². The predicted molar refractivity (Wildman–Crippen MR) is 56.9 cm³/mol. The summed E-state index contributed by atoms with van der Waals surface area (Å²) in [6.45, 7) is 1.35. The van der Waals surface area contributed by atoms with Crippen molar-refractivity contribution in [2.45, 2.75) is 25.0 Å². The van der Waals surface area contributed by atoms with Gasteiger partial charge in [0.2, 0.25) is 5.82 Å². The molecule has 1 saturated heterocycles. The lowest BCUT2D eigenvalue weighted by molar-refractivity contribution is -0.182. The van der Waals surface area contributed by atoms with E-state index in [1.807, 2.05) is 0 Å². The maximum absolute atomic E-state index is 13.7. The Morgan fingerprint density at radius 1 is 1.10 bits per heavy atom. The van der Waals surface area contributed by atoms with Crippen LogP contribution >= 0.6 is 0 Å². The average molecular weight is 295 g/mol. The maximum atomic E-state index is 13.7. The Morgan fingerprint density at radius 2 is 1.55 bits per heavy atom. The fourth-order valence-corrected chi connectivity index (χ4v) is 2.21. The normalized spacial score (nSPS) is 27.1. The number of hydrogen-bond donors (Lipinski definition) is 0. The Bertz CT molecular complexity index is 550. The third kappa shape index (κ3) is 2.08. The molecule has 2 atom stereocenters. The van der Waals surface area contributed by atoms with Crippen LogP contribution < -0.4 is 0 Å². The first kappa shape index (κ1) is 14.9. The highest BCUT2D eigenvalue weighted by Crippen LogP contribution is 2.41. The molecule has 0 aromatic heterocycles. The summed E-state index contributed by atoms with van der Waals surface area (Å²) in [5.74, 6) is -10.1. The third-order valence-corrected chi connectivity index (χ3v) is 3.22. The minimum Gasteiger partial charge on any atom is -0.300 e. The quantitative estimate of drug-likeness (QED) is 0.363. The summed E-state index contributed by atoms with van der Waals surface area (Å²) < 4.78 is 66.7. The molecule has 20 heavy (non-hydrogen) atoms. The summed E-state index contributed by atoms with van der Waals surface area (Å²) in [7, 11) is 1.25. The molecule has 0 spiro atoms. The van der Waals surface area contributed by atoms with E-state index in [1.54, 1.807) is 0 Å². The molecule has 1 aromatic carbocycles. The first-order valence-electron chi connectivity index (χ1n) is 5.61. The minimum atomic E-state index is -2.22. The second-order valence-corrected chi connectivity index (χ2v) is 4.77. The Labute approximate surface area is 110 Å². The molecule has 1 aliphatic rings. The molecule has 3 nitrogen and oxygen atoms in total. The number of hydrogen-bond acceptors (Lipinski definition) is 3. The zero-order chi connectivity index (χ0) is 15.2. The van der Waals surface area contributed by atoms with Crippen molar-refractivity contribution < 1.29 is 31.6 Å². The summed E-state index contributed by atoms with van der Waals surface area (Å²) in [6.07, 6.45) is 0.181. The van der Waals surface area contributed by atoms with E-state index in [4.69, 9.17) is 4.84 Å². The summed E-state index contributed by atoms with van der Waals surface area (Å²) in [5.41, 5.74) is -2.38. The number of hydroxylamine groups is 2. The lowest BCUT2D eigenvalue weighted by atomic mass is 9.94. The highest BCUT2D eigenvalue weighted by molar-refractivity contribution is 5.62. The van der Waals surface area contributed by atoms with Crippen LogP contribution in [0.15, 0.2) is 0 Å². The van der Waals surface area contributed by atoms with Gasteiger partial charge in [-0.15, -0.1) is 0 Å². The molecule has 1 aromatic rings. The molecule has 8 heteroatoms. The van der Waals surface area contributed by atoms with Gasteiger partial charge in [-0.2, -0.15) is 5.06 Å². The standard InChI is InChI=1S/C12H10F5NO2/c1-12(4-19)3-5(18(2)20-12)6-7(13)9(15)11(17)10(16)8(6)14/h4-5H,3H2,1-2H3/t5-,12-/m0/s1. The first-order valence-corrected chi connectivity index (χ1v) is 5.61. The van der Waals surface area contributed by atoms with E-state index in [0.29, 0.717) is 6.29 Å². The van der Waals surface area contributed by atoms with Crippen LogP contribution in [0.25, 0.3) is 0 Å². The van der Waals surface area contributed by atoms with E-state index in [9.17, 15) is 26.7 Å². The molecular formula is C12H10F5NO2. The van der Waals surface area contributed by atoms with Crippen molar-refractivity contribution in [1.82, 2.24) is 5.06 Å². The molecule has 1 fully saturated rings. The number of benzene rings is 1. The number of halogens is 5. The molecule has 0 amide bonds. The molecule has 0 aliphatic carbocycles. The number of nitrogens with zero attached hydrogens (tertiary/aromatic N) is 1. The van der Waals surface area contributed by atoms with Crippen molar-refractivity contribution in [3.63, 3.8) is 0 Å². The first-order chi connectivity index (χ1) is 9.22. The van der Waals surface area contributed by atoms with Crippen LogP contribution in [0.3, 0.4) is 0 Å². The molecule has 0 N–H and O–H groups in total. The second-order valence-electron chi connectivity index (χ2n) is 4.77. The fraction of sp³-hybridized carbons (Fsp3) is 0.417. The lowest BCUT2D eigenvalue weighted by Gasteiger charge is -2.19. The topological polar surface area (TPSA) is 29.5 Å². The van der Waals surface area contributed by atoms with Crippen LogP contribution in [-0.4, -0.2) is 24.0 Å². The van der Waals surface area contributed by atoms with Crippen molar-refractivity contribution in [3.8, 4) is 0 Å². The van der Waals surface area contributed by atoms with E-state index < -0.39 is 46.3 Å². The van der Waals surface area contributed by atoms with Crippen molar-refractivity contribution in [2.24, 2.45) is 0 Å².